The van der Waals surface area contributed by atoms with E-state index in [1.165, 1.54) is 0 Å². The molecule has 2 nitrogen and oxygen atoms in total. The molecule has 2 heterocycles. The van der Waals surface area contributed by atoms with Crippen molar-refractivity contribution >= 4 is 0 Å². The molecule has 0 unspecified atom stereocenters. The van der Waals surface area contributed by atoms with Crippen LogP contribution in [-0.2, 0) is 9.47 Å². The fraction of sp³-hybridized carbons (Fsp3) is 0.818. The van der Waals surface area contributed by atoms with Crippen LogP contribution in [0.4, 0.5) is 0 Å². The predicted molar refractivity (Wildman–Crippen MR) is 51.5 cm³/mol. The van der Waals surface area contributed by atoms with Crippen LogP contribution in [0.2, 0.25) is 0 Å². The Hall–Kier alpha value is -0.340. The van der Waals surface area contributed by atoms with Crippen molar-refractivity contribution in [1.82, 2.24) is 0 Å². The molecule has 0 saturated carbocycles. The van der Waals surface area contributed by atoms with Gasteiger partial charge in [0.2, 0.25) is 0 Å². The maximum absolute atomic E-state index is 5.94. The van der Waals surface area contributed by atoms with Crippen molar-refractivity contribution < 1.29 is 9.47 Å². The van der Waals surface area contributed by atoms with Crippen molar-refractivity contribution in [3.8, 4) is 0 Å². The van der Waals surface area contributed by atoms with Gasteiger partial charge in [-0.05, 0) is 25.7 Å². The fourth-order valence-electron chi connectivity index (χ4n) is 2.27. The zero-order chi connectivity index (χ0) is 9.15. The van der Waals surface area contributed by atoms with Gasteiger partial charge in [0, 0.05) is 12.8 Å². The first-order valence-electron chi connectivity index (χ1n) is 5.27. The van der Waals surface area contributed by atoms with Crippen LogP contribution in [0.15, 0.2) is 12.7 Å². The number of hydrogen-bond acceptors (Lipinski definition) is 2. The van der Waals surface area contributed by atoms with Gasteiger partial charge in [-0.1, -0.05) is 6.08 Å². The lowest BCUT2D eigenvalue weighted by molar-refractivity contribution is -0.199. The van der Waals surface area contributed by atoms with E-state index in [0.717, 1.165) is 45.1 Å². The average Bonchev–Trinajstić information content (AvgIpc) is 2.74. The molecule has 2 aliphatic heterocycles. The molecule has 2 fully saturated rings. The van der Waals surface area contributed by atoms with Crippen LogP contribution in [0.5, 0.6) is 0 Å². The number of allylic oxidation sites excluding steroid dienone is 1. The molecule has 0 aromatic heterocycles. The number of ether oxygens (including phenoxy) is 2. The normalized spacial score (nSPS) is 38.6. The van der Waals surface area contributed by atoms with Crippen LogP contribution in [-0.4, -0.2) is 18.5 Å². The van der Waals surface area contributed by atoms with Gasteiger partial charge in [-0.15, -0.1) is 6.58 Å². The van der Waals surface area contributed by atoms with Crippen molar-refractivity contribution in [2.45, 2.75) is 50.4 Å². The summed E-state index contributed by atoms with van der Waals surface area (Å²) < 4.78 is 11.6. The summed E-state index contributed by atoms with van der Waals surface area (Å²) in [6, 6.07) is 0. The summed E-state index contributed by atoms with van der Waals surface area (Å²) in [6.45, 7) is 4.61. The Labute approximate surface area is 79.9 Å². The molecule has 0 aromatic rings. The first-order valence-corrected chi connectivity index (χ1v) is 5.27. The Morgan fingerprint density at radius 3 is 3.08 bits per heavy atom. The fourth-order valence-corrected chi connectivity index (χ4v) is 2.27. The second kappa shape index (κ2) is 3.81. The van der Waals surface area contributed by atoms with Gasteiger partial charge < -0.3 is 9.47 Å². The molecule has 0 radical (unpaired) electrons. The summed E-state index contributed by atoms with van der Waals surface area (Å²) in [6.07, 6.45) is 9.05. The third kappa shape index (κ3) is 1.94. The average molecular weight is 182 g/mol. The smallest absolute Gasteiger partial charge is 0.168 e. The molecule has 0 bridgehead atoms. The second-order valence-corrected chi connectivity index (χ2v) is 4.01. The molecule has 0 aromatic carbocycles. The molecule has 0 amide bonds. The van der Waals surface area contributed by atoms with Crippen molar-refractivity contribution in [2.24, 2.45) is 0 Å². The third-order valence-corrected chi connectivity index (χ3v) is 2.99. The van der Waals surface area contributed by atoms with E-state index >= 15 is 0 Å². The van der Waals surface area contributed by atoms with Crippen molar-refractivity contribution in [3.63, 3.8) is 0 Å². The van der Waals surface area contributed by atoms with E-state index < -0.39 is 0 Å². The zero-order valence-corrected chi connectivity index (χ0v) is 8.13. The Morgan fingerprint density at radius 2 is 2.38 bits per heavy atom. The molecule has 2 aliphatic rings. The summed E-state index contributed by atoms with van der Waals surface area (Å²) in [5.41, 5.74) is 0. The largest absolute Gasteiger partial charge is 0.350 e. The number of rotatable bonds is 3. The molecule has 2 rings (SSSR count). The van der Waals surface area contributed by atoms with E-state index in [1.54, 1.807) is 0 Å². The van der Waals surface area contributed by atoms with Crippen molar-refractivity contribution in [2.75, 3.05) is 6.61 Å². The monoisotopic (exact) mass is 182 g/mol. The minimum atomic E-state index is -0.175. The van der Waals surface area contributed by atoms with Crippen LogP contribution < -0.4 is 0 Å². The zero-order valence-electron chi connectivity index (χ0n) is 8.13. The molecule has 1 spiro atoms. The maximum Gasteiger partial charge on any atom is 0.168 e. The van der Waals surface area contributed by atoms with Crippen molar-refractivity contribution in [1.29, 1.82) is 0 Å². The summed E-state index contributed by atoms with van der Waals surface area (Å²) in [5, 5.41) is 0. The van der Waals surface area contributed by atoms with Crippen LogP contribution in [0.1, 0.15) is 38.5 Å². The number of hydrogen-bond donors (Lipinski definition) is 0. The van der Waals surface area contributed by atoms with Crippen LogP contribution in [0, 0.1) is 0 Å². The van der Waals surface area contributed by atoms with Crippen LogP contribution in [0.25, 0.3) is 0 Å². The molecular weight excluding hydrogens is 164 g/mol. The molecule has 74 valence electrons. The van der Waals surface area contributed by atoms with Gasteiger partial charge >= 0.3 is 0 Å². The first kappa shape index (κ1) is 9.22. The van der Waals surface area contributed by atoms with Gasteiger partial charge in [0.25, 0.3) is 0 Å². The van der Waals surface area contributed by atoms with E-state index in [-0.39, 0.29) is 5.79 Å². The van der Waals surface area contributed by atoms with Gasteiger partial charge in [0.15, 0.2) is 5.79 Å². The minimum absolute atomic E-state index is 0.175. The van der Waals surface area contributed by atoms with Crippen molar-refractivity contribution in [3.05, 3.63) is 12.7 Å². The SMILES string of the molecule is C=CCC[C@@H]1CC[C@@]2(CCCO2)O1. The quantitative estimate of drug-likeness (QED) is 0.625. The van der Waals surface area contributed by atoms with E-state index in [9.17, 15) is 0 Å². The summed E-state index contributed by atoms with van der Waals surface area (Å²) in [7, 11) is 0. The highest BCUT2D eigenvalue weighted by atomic mass is 16.7. The second-order valence-electron chi connectivity index (χ2n) is 4.01. The topological polar surface area (TPSA) is 18.5 Å². The van der Waals surface area contributed by atoms with Gasteiger partial charge in [0.05, 0.1) is 12.7 Å². The van der Waals surface area contributed by atoms with Gasteiger partial charge in [-0.3, -0.25) is 0 Å². The lowest BCUT2D eigenvalue weighted by Gasteiger charge is -2.22. The molecule has 0 N–H and O–H groups in total. The summed E-state index contributed by atoms with van der Waals surface area (Å²) >= 11 is 0. The van der Waals surface area contributed by atoms with E-state index in [4.69, 9.17) is 9.47 Å². The van der Waals surface area contributed by atoms with Gasteiger partial charge in [0.1, 0.15) is 0 Å². The van der Waals surface area contributed by atoms with Gasteiger partial charge in [-0.2, -0.15) is 0 Å². The highest BCUT2D eigenvalue weighted by Gasteiger charge is 2.43. The molecule has 13 heavy (non-hydrogen) atoms. The minimum Gasteiger partial charge on any atom is -0.350 e. The lowest BCUT2D eigenvalue weighted by Crippen LogP contribution is -2.27. The maximum atomic E-state index is 5.94. The highest BCUT2D eigenvalue weighted by Crippen LogP contribution is 2.40. The predicted octanol–water partition coefficient (Wildman–Crippen LogP) is 2.64. The molecule has 2 atom stereocenters. The lowest BCUT2D eigenvalue weighted by atomic mass is 10.1. The summed E-state index contributed by atoms with van der Waals surface area (Å²) in [4.78, 5) is 0. The standard InChI is InChI=1S/C11H18O2/c1-2-3-5-10-6-8-11(13-10)7-4-9-12-11/h2,10H,1,3-9H2/t10-,11-/m1/s1. The highest BCUT2D eigenvalue weighted by molar-refractivity contribution is 4.85. The third-order valence-electron chi connectivity index (χ3n) is 2.99. The molecule has 2 heteroatoms. The van der Waals surface area contributed by atoms with E-state index in [1.807, 2.05) is 6.08 Å². The van der Waals surface area contributed by atoms with Crippen LogP contribution in [0.3, 0.4) is 0 Å². The molecule has 0 aliphatic carbocycles. The molecule has 2 saturated heterocycles. The summed E-state index contributed by atoms with van der Waals surface area (Å²) in [5.74, 6) is -0.175. The van der Waals surface area contributed by atoms with E-state index in [2.05, 4.69) is 6.58 Å². The van der Waals surface area contributed by atoms with Gasteiger partial charge in [-0.25, -0.2) is 0 Å². The Kier molecular flexibility index (Phi) is 2.70. The first-order chi connectivity index (χ1) is 6.35. The van der Waals surface area contributed by atoms with Crippen LogP contribution >= 0.6 is 0 Å². The Balaban J connectivity index is 1.82. The Morgan fingerprint density at radius 1 is 1.46 bits per heavy atom. The molecular formula is C11H18O2. The van der Waals surface area contributed by atoms with E-state index in [0.29, 0.717) is 6.10 Å². The Bertz CT molecular complexity index is 183.